The second kappa shape index (κ2) is 8.11. The zero-order valence-corrected chi connectivity index (χ0v) is 13.9. The van der Waals surface area contributed by atoms with Crippen LogP contribution in [0.5, 0.6) is 0 Å². The zero-order chi connectivity index (χ0) is 15.9. The van der Waals surface area contributed by atoms with Gasteiger partial charge >= 0.3 is 0 Å². The smallest absolute Gasteiger partial charge is 0.263 e. The Balaban J connectivity index is 1.37. The summed E-state index contributed by atoms with van der Waals surface area (Å²) in [6, 6.07) is 10.6. The van der Waals surface area contributed by atoms with Gasteiger partial charge in [-0.15, -0.1) is 0 Å². The molecule has 0 radical (unpaired) electrons. The molecule has 0 saturated carbocycles. The highest BCUT2D eigenvalue weighted by Crippen LogP contribution is 2.18. The van der Waals surface area contributed by atoms with Gasteiger partial charge in [0.1, 0.15) is 0 Å². The van der Waals surface area contributed by atoms with Gasteiger partial charge in [0.05, 0.1) is 0 Å². The van der Waals surface area contributed by atoms with Crippen molar-refractivity contribution in [2.24, 2.45) is 0 Å². The Morgan fingerprint density at radius 2 is 2.09 bits per heavy atom. The first-order valence-corrected chi connectivity index (χ1v) is 8.70. The average molecular weight is 314 g/mol. The molecule has 0 bridgehead atoms. The molecule has 0 amide bonds. The number of anilines is 1. The third-order valence-electron chi connectivity index (χ3n) is 4.54. The number of hydrogen-bond donors (Lipinski definition) is 1. The minimum absolute atomic E-state index is 0.565. The Hall–Kier alpha value is -1.88. The largest absolute Gasteiger partial charge is 0.352 e. The third kappa shape index (κ3) is 4.55. The average Bonchev–Trinajstić information content (AvgIpc) is 3.06. The summed E-state index contributed by atoms with van der Waals surface area (Å²) < 4.78 is 5.29. The number of rotatable bonds is 7. The van der Waals surface area contributed by atoms with Crippen LogP contribution in [0.25, 0.3) is 11.5 Å². The molecule has 23 heavy (non-hydrogen) atoms. The first-order chi connectivity index (χ1) is 11.3. The van der Waals surface area contributed by atoms with Crippen LogP contribution in [0.15, 0.2) is 34.9 Å². The predicted molar refractivity (Wildman–Crippen MR) is 92.3 cm³/mol. The highest BCUT2D eigenvalue weighted by atomic mass is 16.5. The van der Waals surface area contributed by atoms with E-state index in [1.54, 1.807) is 0 Å². The van der Waals surface area contributed by atoms with Gasteiger partial charge in [0.15, 0.2) is 0 Å². The first-order valence-electron chi connectivity index (χ1n) is 8.70. The molecule has 2 heterocycles. The topological polar surface area (TPSA) is 54.2 Å². The number of benzene rings is 1. The Kier molecular flexibility index (Phi) is 5.64. The van der Waals surface area contributed by atoms with Crippen LogP contribution in [0.1, 0.15) is 39.0 Å². The Morgan fingerprint density at radius 3 is 2.91 bits per heavy atom. The lowest BCUT2D eigenvalue weighted by Gasteiger charge is -2.33. The van der Waals surface area contributed by atoms with Crippen molar-refractivity contribution in [3.63, 3.8) is 0 Å². The summed E-state index contributed by atoms with van der Waals surface area (Å²) in [4.78, 5) is 7.00. The summed E-state index contributed by atoms with van der Waals surface area (Å²) >= 11 is 0. The van der Waals surface area contributed by atoms with Crippen LogP contribution in [0, 0.1) is 0 Å². The standard InChI is InChI=1S/C18H26N4O/c1-15-9-5-7-13-22(15)14-8-6-12-19-18-20-17(23-21-18)16-10-3-2-4-11-16/h2-4,10-11,15H,5-9,12-14H2,1H3,(H,19,21). The number of likely N-dealkylation sites (tertiary alicyclic amines) is 1. The molecule has 1 unspecified atom stereocenters. The van der Waals surface area contributed by atoms with Gasteiger partial charge in [0.2, 0.25) is 0 Å². The molecule has 0 aliphatic carbocycles. The van der Waals surface area contributed by atoms with E-state index in [4.69, 9.17) is 4.52 Å². The van der Waals surface area contributed by atoms with E-state index in [1.807, 2.05) is 30.3 Å². The molecule has 5 heteroatoms. The van der Waals surface area contributed by atoms with Crippen LogP contribution in [0.2, 0.25) is 0 Å². The summed E-state index contributed by atoms with van der Waals surface area (Å²) in [5.41, 5.74) is 0.951. The highest BCUT2D eigenvalue weighted by Gasteiger charge is 2.17. The van der Waals surface area contributed by atoms with Crippen molar-refractivity contribution in [1.29, 1.82) is 0 Å². The van der Waals surface area contributed by atoms with Gasteiger partial charge in [-0.1, -0.05) is 24.6 Å². The van der Waals surface area contributed by atoms with Gasteiger partial charge in [-0.3, -0.25) is 0 Å². The summed E-state index contributed by atoms with van der Waals surface area (Å²) in [7, 11) is 0. The molecule has 2 aromatic rings. The minimum atomic E-state index is 0.565. The fourth-order valence-corrected chi connectivity index (χ4v) is 3.12. The van der Waals surface area contributed by atoms with Gasteiger partial charge in [-0.05, 0) is 63.0 Å². The number of aromatic nitrogens is 2. The van der Waals surface area contributed by atoms with E-state index in [-0.39, 0.29) is 0 Å². The van der Waals surface area contributed by atoms with E-state index in [2.05, 4.69) is 27.3 Å². The normalized spacial score (nSPS) is 18.9. The molecular formula is C18H26N4O. The molecule has 3 rings (SSSR count). The lowest BCUT2D eigenvalue weighted by Crippen LogP contribution is -2.38. The van der Waals surface area contributed by atoms with Gasteiger partial charge < -0.3 is 14.7 Å². The summed E-state index contributed by atoms with van der Waals surface area (Å²) in [5.74, 6) is 1.14. The number of nitrogens with zero attached hydrogens (tertiary/aromatic N) is 3. The third-order valence-corrected chi connectivity index (χ3v) is 4.54. The van der Waals surface area contributed by atoms with Crippen LogP contribution in [0.4, 0.5) is 5.95 Å². The summed E-state index contributed by atoms with van der Waals surface area (Å²) in [5, 5.41) is 7.23. The Labute approximate surface area is 138 Å². The monoisotopic (exact) mass is 314 g/mol. The van der Waals surface area contributed by atoms with Crippen molar-refractivity contribution >= 4 is 5.95 Å². The van der Waals surface area contributed by atoms with Crippen molar-refractivity contribution in [3.05, 3.63) is 30.3 Å². The van der Waals surface area contributed by atoms with Crippen molar-refractivity contribution in [2.45, 2.75) is 45.1 Å². The molecule has 1 atom stereocenters. The highest BCUT2D eigenvalue weighted by molar-refractivity contribution is 5.53. The van der Waals surface area contributed by atoms with Crippen molar-refractivity contribution in [2.75, 3.05) is 25.0 Å². The van der Waals surface area contributed by atoms with Crippen LogP contribution in [0.3, 0.4) is 0 Å². The van der Waals surface area contributed by atoms with Gasteiger partial charge in [-0.2, -0.15) is 4.98 Å². The maximum Gasteiger partial charge on any atom is 0.263 e. The summed E-state index contributed by atoms with van der Waals surface area (Å²) in [6.07, 6.45) is 6.43. The lowest BCUT2D eigenvalue weighted by atomic mass is 10.0. The SMILES string of the molecule is CC1CCCCN1CCCCNc1noc(-c2ccccc2)n1. The minimum Gasteiger partial charge on any atom is -0.352 e. The second-order valence-corrected chi connectivity index (χ2v) is 6.30. The molecule has 1 aliphatic heterocycles. The van der Waals surface area contributed by atoms with Crippen LogP contribution in [-0.4, -0.2) is 40.7 Å². The number of unbranched alkanes of at least 4 members (excludes halogenated alkanes) is 1. The molecule has 1 aliphatic rings. The molecule has 124 valence electrons. The van der Waals surface area contributed by atoms with Gasteiger partial charge in [0, 0.05) is 18.2 Å². The van der Waals surface area contributed by atoms with E-state index in [0.29, 0.717) is 11.8 Å². The Morgan fingerprint density at radius 1 is 1.22 bits per heavy atom. The molecular weight excluding hydrogens is 288 g/mol. The van der Waals surface area contributed by atoms with E-state index in [1.165, 1.54) is 38.8 Å². The van der Waals surface area contributed by atoms with Crippen LogP contribution < -0.4 is 5.32 Å². The summed E-state index contributed by atoms with van der Waals surface area (Å²) in [6.45, 7) is 5.70. The molecule has 1 aromatic heterocycles. The number of hydrogen-bond acceptors (Lipinski definition) is 5. The maximum atomic E-state index is 5.29. The molecule has 1 fully saturated rings. The van der Waals surface area contributed by atoms with E-state index in [0.717, 1.165) is 24.6 Å². The molecule has 0 spiro atoms. The predicted octanol–water partition coefficient (Wildman–Crippen LogP) is 3.80. The lowest BCUT2D eigenvalue weighted by molar-refractivity contribution is 0.158. The van der Waals surface area contributed by atoms with Crippen molar-refractivity contribution < 1.29 is 4.52 Å². The molecule has 1 saturated heterocycles. The van der Waals surface area contributed by atoms with Gasteiger partial charge in [0.25, 0.3) is 11.8 Å². The van der Waals surface area contributed by atoms with Gasteiger partial charge in [-0.25, -0.2) is 0 Å². The Bertz CT molecular complexity index is 584. The van der Waals surface area contributed by atoms with Crippen LogP contribution in [-0.2, 0) is 0 Å². The van der Waals surface area contributed by atoms with Crippen molar-refractivity contribution in [3.8, 4) is 11.5 Å². The van der Waals surface area contributed by atoms with E-state index in [9.17, 15) is 0 Å². The van der Waals surface area contributed by atoms with E-state index >= 15 is 0 Å². The number of piperidine rings is 1. The maximum absolute atomic E-state index is 5.29. The zero-order valence-electron chi connectivity index (χ0n) is 13.9. The van der Waals surface area contributed by atoms with Crippen molar-refractivity contribution in [1.82, 2.24) is 15.0 Å². The molecule has 5 nitrogen and oxygen atoms in total. The number of nitrogens with one attached hydrogen (secondary N) is 1. The fourth-order valence-electron chi connectivity index (χ4n) is 3.12. The second-order valence-electron chi connectivity index (χ2n) is 6.30. The fraction of sp³-hybridized carbons (Fsp3) is 0.556. The van der Waals surface area contributed by atoms with Crippen LogP contribution >= 0.6 is 0 Å². The quantitative estimate of drug-likeness (QED) is 0.788. The first kappa shape index (κ1) is 16.0. The van der Waals surface area contributed by atoms with E-state index < -0.39 is 0 Å². The molecule has 1 N–H and O–H groups in total. The molecule has 1 aromatic carbocycles.